The van der Waals surface area contributed by atoms with E-state index in [0.717, 1.165) is 49.0 Å². The number of ether oxygens (including phenoxy) is 2. The number of fused-ring (bicyclic) bond motifs is 2. The highest BCUT2D eigenvalue weighted by Gasteiger charge is 2.48. The Balaban J connectivity index is 1.68. The van der Waals surface area contributed by atoms with Gasteiger partial charge in [0.25, 0.3) is 0 Å². The molecule has 2 fully saturated rings. The van der Waals surface area contributed by atoms with Gasteiger partial charge in [-0.1, -0.05) is 20.8 Å². The molecule has 0 bridgehead atoms. The molecular formula is C20H30N4O3. The molecule has 4 heterocycles. The van der Waals surface area contributed by atoms with Crippen molar-refractivity contribution < 1.29 is 14.3 Å². The molecule has 3 aliphatic heterocycles. The minimum Gasteiger partial charge on any atom is -0.378 e. The predicted molar refractivity (Wildman–Crippen MR) is 102 cm³/mol. The summed E-state index contributed by atoms with van der Waals surface area (Å²) in [5.41, 5.74) is 2.59. The molecular weight excluding hydrogens is 344 g/mol. The number of aryl methyl sites for hydroxylation is 1. The normalized spacial score (nSPS) is 25.8. The average molecular weight is 374 g/mol. The van der Waals surface area contributed by atoms with Gasteiger partial charge < -0.3 is 19.3 Å². The lowest BCUT2D eigenvalue weighted by Crippen LogP contribution is -2.45. The number of likely N-dealkylation sites (tertiary alicyclic amines) is 1. The highest BCUT2D eigenvalue weighted by molar-refractivity contribution is 5.82. The van der Waals surface area contributed by atoms with Crippen LogP contribution in [0.1, 0.15) is 44.1 Å². The molecule has 0 unspecified atom stereocenters. The Morgan fingerprint density at radius 1 is 1.11 bits per heavy atom. The Morgan fingerprint density at radius 3 is 2.56 bits per heavy atom. The SMILES string of the molecule is Cc1nc(N2CCOCC2)nc2c1COC[C@]21CCN(C(=O)C(C)(C)C)C1. The summed E-state index contributed by atoms with van der Waals surface area (Å²) in [5, 5.41) is 0. The molecule has 0 aliphatic carbocycles. The lowest BCUT2D eigenvalue weighted by Gasteiger charge is -2.37. The van der Waals surface area contributed by atoms with Crippen LogP contribution in [0.15, 0.2) is 0 Å². The Labute approximate surface area is 161 Å². The highest BCUT2D eigenvalue weighted by atomic mass is 16.5. The summed E-state index contributed by atoms with van der Waals surface area (Å²) >= 11 is 0. The summed E-state index contributed by atoms with van der Waals surface area (Å²) in [6, 6.07) is 0. The topological polar surface area (TPSA) is 67.8 Å². The minimum atomic E-state index is -0.371. The van der Waals surface area contributed by atoms with Gasteiger partial charge >= 0.3 is 0 Å². The quantitative estimate of drug-likeness (QED) is 0.745. The molecule has 0 saturated carbocycles. The molecule has 3 aliphatic rings. The summed E-state index contributed by atoms with van der Waals surface area (Å²) in [4.78, 5) is 26.8. The van der Waals surface area contributed by atoms with E-state index in [0.29, 0.717) is 33.0 Å². The first-order valence-corrected chi connectivity index (χ1v) is 9.88. The number of hydrogen-bond acceptors (Lipinski definition) is 6. The standard InChI is InChI=1S/C20H30N4O3/c1-14-15-11-27-13-20(5-6-24(12-20)17(25)19(2,3)4)16(15)22-18(21-14)23-7-9-26-10-8-23/h5-13H2,1-4H3/t20-/m1/s1. The summed E-state index contributed by atoms with van der Waals surface area (Å²) < 4.78 is 11.4. The molecule has 1 aromatic heterocycles. The zero-order chi connectivity index (χ0) is 19.2. The van der Waals surface area contributed by atoms with E-state index < -0.39 is 0 Å². The number of hydrogen-bond donors (Lipinski definition) is 0. The van der Waals surface area contributed by atoms with Gasteiger partial charge in [-0.15, -0.1) is 0 Å². The number of carbonyl (C=O) groups excluding carboxylic acids is 1. The molecule has 0 radical (unpaired) electrons. The Kier molecular flexibility index (Phi) is 4.63. The molecule has 1 amide bonds. The minimum absolute atomic E-state index is 0.200. The number of rotatable bonds is 1. The van der Waals surface area contributed by atoms with Crippen molar-refractivity contribution in [2.75, 3.05) is 50.9 Å². The van der Waals surface area contributed by atoms with Crippen molar-refractivity contribution in [3.8, 4) is 0 Å². The van der Waals surface area contributed by atoms with Gasteiger partial charge in [-0.2, -0.15) is 0 Å². The van der Waals surface area contributed by atoms with Crippen molar-refractivity contribution in [3.05, 3.63) is 17.0 Å². The van der Waals surface area contributed by atoms with Gasteiger partial charge in [-0.05, 0) is 13.3 Å². The first-order valence-electron chi connectivity index (χ1n) is 9.88. The van der Waals surface area contributed by atoms with Gasteiger partial charge in [-0.3, -0.25) is 4.79 Å². The van der Waals surface area contributed by atoms with Crippen molar-refractivity contribution in [2.24, 2.45) is 5.41 Å². The van der Waals surface area contributed by atoms with Crippen molar-refractivity contribution in [1.82, 2.24) is 14.9 Å². The molecule has 0 N–H and O–H groups in total. The van der Waals surface area contributed by atoms with Crippen LogP contribution in [-0.2, 0) is 26.3 Å². The summed E-state index contributed by atoms with van der Waals surface area (Å²) in [6.45, 7) is 13.6. The van der Waals surface area contributed by atoms with E-state index in [4.69, 9.17) is 19.4 Å². The number of nitrogens with zero attached hydrogens (tertiary/aromatic N) is 4. The van der Waals surface area contributed by atoms with Crippen LogP contribution in [-0.4, -0.2) is 66.8 Å². The second-order valence-electron chi connectivity index (χ2n) is 9.04. The maximum absolute atomic E-state index is 12.8. The first-order chi connectivity index (χ1) is 12.8. The fourth-order valence-electron chi connectivity index (χ4n) is 4.35. The Morgan fingerprint density at radius 2 is 1.85 bits per heavy atom. The number of morpholine rings is 1. The maximum Gasteiger partial charge on any atom is 0.227 e. The number of amides is 1. The zero-order valence-electron chi connectivity index (χ0n) is 16.9. The van der Waals surface area contributed by atoms with E-state index in [9.17, 15) is 4.79 Å². The van der Waals surface area contributed by atoms with Crippen LogP contribution in [0.3, 0.4) is 0 Å². The van der Waals surface area contributed by atoms with Crippen molar-refractivity contribution >= 4 is 11.9 Å². The van der Waals surface area contributed by atoms with E-state index in [2.05, 4.69) is 4.90 Å². The fraction of sp³-hybridized carbons (Fsp3) is 0.750. The van der Waals surface area contributed by atoms with Gasteiger partial charge in [0.05, 0.1) is 37.5 Å². The molecule has 1 atom stereocenters. The van der Waals surface area contributed by atoms with E-state index in [-0.39, 0.29) is 16.7 Å². The van der Waals surface area contributed by atoms with E-state index in [1.165, 1.54) is 0 Å². The fourth-order valence-corrected chi connectivity index (χ4v) is 4.35. The third kappa shape index (κ3) is 3.31. The smallest absolute Gasteiger partial charge is 0.227 e. The van der Waals surface area contributed by atoms with E-state index >= 15 is 0 Å². The molecule has 0 aromatic carbocycles. The average Bonchev–Trinajstić information content (AvgIpc) is 3.06. The molecule has 1 aromatic rings. The maximum atomic E-state index is 12.8. The van der Waals surface area contributed by atoms with E-state index in [1.54, 1.807) is 0 Å². The Bertz CT molecular complexity index is 739. The second kappa shape index (κ2) is 6.71. The molecule has 7 heteroatoms. The van der Waals surface area contributed by atoms with Gasteiger partial charge in [0, 0.05) is 42.9 Å². The molecule has 148 valence electrons. The van der Waals surface area contributed by atoms with Crippen LogP contribution in [0.2, 0.25) is 0 Å². The highest BCUT2D eigenvalue weighted by Crippen LogP contribution is 2.41. The van der Waals surface area contributed by atoms with Crippen LogP contribution in [0, 0.1) is 12.3 Å². The zero-order valence-corrected chi connectivity index (χ0v) is 16.9. The predicted octanol–water partition coefficient (Wildman–Crippen LogP) is 1.67. The molecule has 1 spiro atoms. The first kappa shape index (κ1) is 18.6. The van der Waals surface area contributed by atoms with Crippen LogP contribution in [0.25, 0.3) is 0 Å². The van der Waals surface area contributed by atoms with Crippen LogP contribution in [0.4, 0.5) is 5.95 Å². The molecule has 2 saturated heterocycles. The van der Waals surface area contributed by atoms with Crippen molar-refractivity contribution in [3.63, 3.8) is 0 Å². The molecule has 4 rings (SSSR count). The van der Waals surface area contributed by atoms with Crippen molar-refractivity contribution in [1.29, 1.82) is 0 Å². The number of anilines is 1. The lowest BCUT2D eigenvalue weighted by atomic mass is 9.80. The molecule has 27 heavy (non-hydrogen) atoms. The number of carbonyl (C=O) groups is 1. The second-order valence-corrected chi connectivity index (χ2v) is 9.04. The monoisotopic (exact) mass is 374 g/mol. The van der Waals surface area contributed by atoms with Gasteiger partial charge in [0.1, 0.15) is 0 Å². The van der Waals surface area contributed by atoms with Crippen LogP contribution < -0.4 is 4.90 Å². The molecule has 7 nitrogen and oxygen atoms in total. The largest absolute Gasteiger partial charge is 0.378 e. The Hall–Kier alpha value is -1.73. The van der Waals surface area contributed by atoms with Crippen LogP contribution in [0.5, 0.6) is 0 Å². The van der Waals surface area contributed by atoms with Gasteiger partial charge in [0.2, 0.25) is 11.9 Å². The van der Waals surface area contributed by atoms with Gasteiger partial charge in [0.15, 0.2) is 0 Å². The summed E-state index contributed by atoms with van der Waals surface area (Å²) in [7, 11) is 0. The van der Waals surface area contributed by atoms with Crippen LogP contribution >= 0.6 is 0 Å². The third-order valence-electron chi connectivity index (χ3n) is 5.91. The third-order valence-corrected chi connectivity index (χ3v) is 5.91. The van der Waals surface area contributed by atoms with Gasteiger partial charge in [-0.25, -0.2) is 9.97 Å². The lowest BCUT2D eigenvalue weighted by molar-refractivity contribution is -0.138. The van der Waals surface area contributed by atoms with Crippen molar-refractivity contribution in [2.45, 2.75) is 46.1 Å². The van der Waals surface area contributed by atoms with E-state index in [1.807, 2.05) is 32.6 Å². The number of aromatic nitrogens is 2. The summed E-state index contributed by atoms with van der Waals surface area (Å²) in [6.07, 6.45) is 0.890. The summed E-state index contributed by atoms with van der Waals surface area (Å²) in [5.74, 6) is 0.988.